The molecule has 0 aliphatic carbocycles. The summed E-state index contributed by atoms with van der Waals surface area (Å²) in [7, 11) is 0. The van der Waals surface area contributed by atoms with E-state index in [1.807, 2.05) is 104 Å². The highest BCUT2D eigenvalue weighted by molar-refractivity contribution is 6.30. The van der Waals surface area contributed by atoms with E-state index in [0.717, 1.165) is 28.7 Å². The number of nitrogen functional groups attached to an aromatic ring is 1. The molecule has 3 N–H and O–H groups in total. The Morgan fingerprint density at radius 1 is 0.824 bits per heavy atom. The zero-order chi connectivity index (χ0) is 24.1. The van der Waals surface area contributed by atoms with Gasteiger partial charge in [0.05, 0.1) is 0 Å². The maximum absolute atomic E-state index is 13.1. The van der Waals surface area contributed by atoms with Crippen molar-refractivity contribution < 1.29 is 4.79 Å². The number of amides is 1. The molecule has 0 aromatic heterocycles. The van der Waals surface area contributed by atoms with Gasteiger partial charge in [0.25, 0.3) is 5.91 Å². The van der Waals surface area contributed by atoms with Crippen molar-refractivity contribution in [1.29, 1.82) is 0 Å². The smallest absolute Gasteiger partial charge is 0.251 e. The van der Waals surface area contributed by atoms with E-state index in [2.05, 4.69) is 5.32 Å². The summed E-state index contributed by atoms with van der Waals surface area (Å²) in [6.07, 6.45) is 0.756. The molecule has 0 unspecified atom stereocenters. The maximum atomic E-state index is 13.1. The van der Waals surface area contributed by atoms with Crippen LogP contribution in [0.2, 0.25) is 10.0 Å². The molecule has 4 aromatic rings. The molecule has 34 heavy (non-hydrogen) atoms. The summed E-state index contributed by atoms with van der Waals surface area (Å²) < 4.78 is 0. The Morgan fingerprint density at radius 3 is 2.03 bits per heavy atom. The Labute approximate surface area is 210 Å². The highest BCUT2D eigenvalue weighted by atomic mass is 35.5. The third-order valence-electron chi connectivity index (χ3n) is 6.05. The average molecular weight is 489 g/mol. The Morgan fingerprint density at radius 2 is 1.41 bits per heavy atom. The monoisotopic (exact) mass is 488 g/mol. The minimum absolute atomic E-state index is 0.0609. The number of nitrogens with one attached hydrogen (secondary N) is 1. The van der Waals surface area contributed by atoms with Gasteiger partial charge in [-0.25, -0.2) is 0 Å². The molecule has 0 fully saturated rings. The molecule has 4 aromatic carbocycles. The first-order valence-corrected chi connectivity index (χ1v) is 11.9. The number of carbonyl (C=O) groups excluding carboxylic acids is 1. The normalized spacial score (nSPS) is 12.7. The number of anilines is 1. The minimum atomic E-state index is -0.117. The Bertz CT molecular complexity index is 1250. The van der Waals surface area contributed by atoms with E-state index in [9.17, 15) is 4.79 Å². The number of hydrogen-bond acceptors (Lipinski definition) is 2. The van der Waals surface area contributed by atoms with Gasteiger partial charge < -0.3 is 11.1 Å². The van der Waals surface area contributed by atoms with Crippen LogP contribution in [0.5, 0.6) is 0 Å². The number of carbonyl (C=O) groups is 1. The van der Waals surface area contributed by atoms with Crippen molar-refractivity contribution >= 4 is 34.8 Å². The predicted octanol–water partition coefficient (Wildman–Crippen LogP) is 7.39. The van der Waals surface area contributed by atoms with E-state index in [-0.39, 0.29) is 17.9 Å². The Kier molecular flexibility index (Phi) is 7.56. The van der Waals surface area contributed by atoms with Gasteiger partial charge in [-0.05, 0) is 72.5 Å². The second-order valence-corrected chi connectivity index (χ2v) is 9.29. The molecular weight excluding hydrogens is 463 g/mol. The Balaban J connectivity index is 1.52. The molecule has 0 aliphatic heterocycles. The quantitative estimate of drug-likeness (QED) is 0.266. The molecule has 2 atom stereocenters. The average Bonchev–Trinajstić information content (AvgIpc) is 2.85. The third kappa shape index (κ3) is 5.80. The molecule has 0 radical (unpaired) electrons. The molecule has 0 saturated carbocycles. The number of para-hydroxylation sites is 1. The molecule has 172 valence electrons. The van der Waals surface area contributed by atoms with Crippen molar-refractivity contribution in [2.75, 3.05) is 5.73 Å². The predicted molar refractivity (Wildman–Crippen MR) is 143 cm³/mol. The Hall–Kier alpha value is -3.27. The van der Waals surface area contributed by atoms with Gasteiger partial charge >= 0.3 is 0 Å². The van der Waals surface area contributed by atoms with E-state index in [0.29, 0.717) is 21.3 Å². The molecule has 0 bridgehead atoms. The van der Waals surface area contributed by atoms with Crippen LogP contribution in [-0.4, -0.2) is 11.9 Å². The fourth-order valence-electron chi connectivity index (χ4n) is 4.12. The largest absolute Gasteiger partial charge is 0.398 e. The van der Waals surface area contributed by atoms with E-state index < -0.39 is 0 Å². The van der Waals surface area contributed by atoms with Crippen LogP contribution in [0.3, 0.4) is 0 Å². The van der Waals surface area contributed by atoms with Crippen LogP contribution < -0.4 is 11.1 Å². The van der Waals surface area contributed by atoms with Crippen molar-refractivity contribution in [3.8, 4) is 11.1 Å². The van der Waals surface area contributed by atoms with Gasteiger partial charge in [-0.15, -0.1) is 0 Å². The van der Waals surface area contributed by atoms with Crippen molar-refractivity contribution in [1.82, 2.24) is 5.32 Å². The third-order valence-corrected chi connectivity index (χ3v) is 6.55. The lowest BCUT2D eigenvalue weighted by Crippen LogP contribution is -2.37. The van der Waals surface area contributed by atoms with E-state index in [1.165, 1.54) is 0 Å². The summed E-state index contributed by atoms with van der Waals surface area (Å²) in [5.41, 5.74) is 11.6. The van der Waals surface area contributed by atoms with Crippen molar-refractivity contribution in [3.63, 3.8) is 0 Å². The van der Waals surface area contributed by atoms with Gasteiger partial charge in [0.2, 0.25) is 0 Å². The van der Waals surface area contributed by atoms with Crippen LogP contribution in [0, 0.1) is 0 Å². The molecule has 1 amide bonds. The van der Waals surface area contributed by atoms with E-state index in [1.54, 1.807) is 0 Å². The molecular formula is C29H26Cl2N2O. The van der Waals surface area contributed by atoms with Gasteiger partial charge in [-0.2, -0.15) is 0 Å². The second kappa shape index (κ2) is 10.8. The standard InChI is InChI=1S/C29H26Cl2N2O/c1-19(27(22-12-16-25(31)17-13-22)18-20-6-14-24(30)15-7-20)33-29(34)23-10-8-21(9-11-23)26-4-2-3-5-28(26)32/h2-17,19,27H,18,32H2,1H3,(H,33,34)/t19-,27+/m1/s1. The summed E-state index contributed by atoms with van der Waals surface area (Å²) in [6.45, 7) is 2.03. The van der Waals surface area contributed by atoms with E-state index >= 15 is 0 Å². The fourth-order valence-corrected chi connectivity index (χ4v) is 4.37. The highest BCUT2D eigenvalue weighted by Gasteiger charge is 2.22. The zero-order valence-corrected chi connectivity index (χ0v) is 20.4. The number of halogens is 2. The topological polar surface area (TPSA) is 55.1 Å². The van der Waals surface area contributed by atoms with Crippen molar-refractivity contribution in [2.24, 2.45) is 0 Å². The summed E-state index contributed by atoms with van der Waals surface area (Å²) in [5, 5.41) is 4.58. The van der Waals surface area contributed by atoms with Gasteiger partial charge in [0.1, 0.15) is 0 Å². The molecule has 0 saturated heterocycles. The van der Waals surface area contributed by atoms with Crippen LogP contribution in [0.1, 0.15) is 34.3 Å². The van der Waals surface area contributed by atoms with Gasteiger partial charge in [0, 0.05) is 38.8 Å². The number of nitrogens with two attached hydrogens (primary N) is 1. The van der Waals surface area contributed by atoms with Gasteiger partial charge in [0.15, 0.2) is 0 Å². The lowest BCUT2D eigenvalue weighted by molar-refractivity contribution is 0.0934. The van der Waals surface area contributed by atoms with Gasteiger partial charge in [-0.1, -0.05) is 77.8 Å². The molecule has 0 aliphatic rings. The van der Waals surface area contributed by atoms with Crippen LogP contribution >= 0.6 is 23.2 Å². The fraction of sp³-hybridized carbons (Fsp3) is 0.138. The lowest BCUT2D eigenvalue weighted by Gasteiger charge is -2.26. The SMILES string of the molecule is C[C@@H](NC(=O)c1ccc(-c2ccccc2N)cc1)[C@H](Cc1ccc(Cl)cc1)c1ccc(Cl)cc1. The number of hydrogen-bond donors (Lipinski definition) is 2. The van der Waals surface area contributed by atoms with Crippen molar-refractivity contribution in [3.05, 3.63) is 124 Å². The first-order chi connectivity index (χ1) is 16.4. The zero-order valence-electron chi connectivity index (χ0n) is 18.8. The first-order valence-electron chi connectivity index (χ1n) is 11.2. The summed E-state index contributed by atoms with van der Waals surface area (Å²) in [6, 6.07) is 30.7. The van der Waals surface area contributed by atoms with Crippen LogP contribution in [0.15, 0.2) is 97.1 Å². The van der Waals surface area contributed by atoms with Gasteiger partial charge in [-0.3, -0.25) is 4.79 Å². The minimum Gasteiger partial charge on any atom is -0.398 e. The summed E-state index contributed by atoms with van der Waals surface area (Å²) in [4.78, 5) is 13.1. The molecule has 0 heterocycles. The lowest BCUT2D eigenvalue weighted by atomic mass is 9.86. The van der Waals surface area contributed by atoms with Crippen LogP contribution in [0.25, 0.3) is 11.1 Å². The van der Waals surface area contributed by atoms with Crippen molar-refractivity contribution in [2.45, 2.75) is 25.3 Å². The summed E-state index contributed by atoms with van der Waals surface area (Å²) in [5.74, 6) is -0.0547. The number of rotatable bonds is 7. The maximum Gasteiger partial charge on any atom is 0.251 e. The highest BCUT2D eigenvalue weighted by Crippen LogP contribution is 2.28. The molecule has 4 rings (SSSR count). The van der Waals surface area contributed by atoms with E-state index in [4.69, 9.17) is 28.9 Å². The number of benzene rings is 4. The molecule has 0 spiro atoms. The van der Waals surface area contributed by atoms with Crippen LogP contribution in [-0.2, 0) is 6.42 Å². The molecule has 5 heteroatoms. The molecule has 3 nitrogen and oxygen atoms in total. The summed E-state index contributed by atoms with van der Waals surface area (Å²) >= 11 is 12.2. The van der Waals surface area contributed by atoms with Crippen LogP contribution in [0.4, 0.5) is 5.69 Å². The first kappa shape index (κ1) is 23.9. The second-order valence-electron chi connectivity index (χ2n) is 8.42.